The summed E-state index contributed by atoms with van der Waals surface area (Å²) in [6.07, 6.45) is 2.03. The van der Waals surface area contributed by atoms with E-state index in [2.05, 4.69) is 0 Å². The number of furan rings is 1. The highest BCUT2D eigenvalue weighted by Gasteiger charge is 2.25. The molecule has 106 valence electrons. The molecule has 0 radical (unpaired) electrons. The Balaban J connectivity index is 2.29. The van der Waals surface area contributed by atoms with Gasteiger partial charge in [-0.1, -0.05) is 36.4 Å². The van der Waals surface area contributed by atoms with Gasteiger partial charge in [0.15, 0.2) is 0 Å². The quantitative estimate of drug-likeness (QED) is 0.509. The lowest BCUT2D eigenvalue weighted by atomic mass is 10.0. The van der Waals surface area contributed by atoms with Gasteiger partial charge in [0, 0.05) is 11.1 Å². The Kier molecular flexibility index (Phi) is 3.66. The van der Waals surface area contributed by atoms with E-state index in [9.17, 15) is 10.1 Å². The number of nitro groups is 1. The number of hydrogen-bond donors (Lipinski definition) is 0. The van der Waals surface area contributed by atoms with Gasteiger partial charge in [0.25, 0.3) is 0 Å². The van der Waals surface area contributed by atoms with Gasteiger partial charge in [-0.2, -0.15) is 11.8 Å². The van der Waals surface area contributed by atoms with Crippen LogP contribution in [0.5, 0.6) is 0 Å². The maximum Gasteiger partial charge on any atom is 0.442 e. The first kappa shape index (κ1) is 13.7. The van der Waals surface area contributed by atoms with Gasteiger partial charge < -0.3 is 4.42 Å². The smallest absolute Gasteiger partial charge is 0.400 e. The van der Waals surface area contributed by atoms with Gasteiger partial charge in [-0.05, 0) is 29.5 Å². The van der Waals surface area contributed by atoms with Gasteiger partial charge in [-0.25, -0.2) is 0 Å². The minimum Gasteiger partial charge on any atom is -0.400 e. The summed E-state index contributed by atoms with van der Waals surface area (Å²) in [4.78, 5) is 10.8. The Morgan fingerprint density at radius 3 is 2.62 bits per heavy atom. The fourth-order valence-corrected chi connectivity index (χ4v) is 2.91. The molecular formula is C16H13NO3S. The van der Waals surface area contributed by atoms with Gasteiger partial charge in [0.05, 0.1) is 0 Å². The Morgan fingerprint density at radius 1 is 1.19 bits per heavy atom. The predicted octanol–water partition coefficient (Wildman–Crippen LogP) is 4.87. The van der Waals surface area contributed by atoms with Gasteiger partial charge in [-0.15, -0.1) is 0 Å². The second-order valence-electron chi connectivity index (χ2n) is 4.67. The molecule has 21 heavy (non-hydrogen) atoms. The fourth-order valence-electron chi connectivity index (χ4n) is 2.40. The highest BCUT2D eigenvalue weighted by molar-refractivity contribution is 7.97. The average Bonchev–Trinajstić information content (AvgIpc) is 2.87. The highest BCUT2D eigenvalue weighted by atomic mass is 32.2. The molecule has 1 heterocycles. The second-order valence-corrected chi connectivity index (χ2v) is 5.53. The Labute approximate surface area is 125 Å². The van der Waals surface area contributed by atoms with Crippen molar-refractivity contribution in [3.63, 3.8) is 0 Å². The molecule has 3 aromatic rings. The number of thioether (sulfide) groups is 1. The number of nitrogens with zero attached hydrogens (tertiary/aromatic N) is 1. The molecule has 0 spiro atoms. The number of fused-ring (bicyclic) bond motifs is 1. The van der Waals surface area contributed by atoms with Crippen molar-refractivity contribution in [1.82, 2.24) is 0 Å². The van der Waals surface area contributed by atoms with E-state index in [1.807, 2.05) is 48.7 Å². The lowest BCUT2D eigenvalue weighted by Gasteiger charge is -2.00. The fraction of sp³-hybridized carbons (Fsp3) is 0.125. The average molecular weight is 299 g/mol. The second kappa shape index (κ2) is 5.61. The predicted molar refractivity (Wildman–Crippen MR) is 85.5 cm³/mol. The van der Waals surface area contributed by atoms with Crippen molar-refractivity contribution in [2.75, 3.05) is 6.26 Å². The van der Waals surface area contributed by atoms with E-state index in [1.165, 1.54) is 0 Å². The summed E-state index contributed by atoms with van der Waals surface area (Å²) < 4.78 is 5.44. The molecule has 3 rings (SSSR count). The number of hydrogen-bond acceptors (Lipinski definition) is 4. The summed E-state index contributed by atoms with van der Waals surface area (Å²) in [7, 11) is 0. The van der Waals surface area contributed by atoms with Gasteiger partial charge >= 0.3 is 5.88 Å². The van der Waals surface area contributed by atoms with Crippen LogP contribution < -0.4 is 0 Å². The van der Waals surface area contributed by atoms with E-state index in [-0.39, 0.29) is 5.88 Å². The van der Waals surface area contributed by atoms with Crippen LogP contribution >= 0.6 is 11.8 Å². The molecule has 0 aliphatic carbocycles. The molecule has 0 saturated carbocycles. The zero-order valence-corrected chi connectivity index (χ0v) is 12.2. The summed E-state index contributed by atoms with van der Waals surface area (Å²) in [6.45, 7) is 0. The Hall–Kier alpha value is -2.27. The third-order valence-corrected chi connectivity index (χ3v) is 3.90. The van der Waals surface area contributed by atoms with Crippen molar-refractivity contribution >= 4 is 28.6 Å². The van der Waals surface area contributed by atoms with E-state index in [4.69, 9.17) is 4.42 Å². The minimum atomic E-state index is -0.462. The van der Waals surface area contributed by atoms with Crippen molar-refractivity contribution in [3.8, 4) is 11.1 Å². The van der Waals surface area contributed by atoms with Crippen LogP contribution in [0.25, 0.3) is 22.1 Å². The first-order valence-electron chi connectivity index (χ1n) is 6.45. The number of rotatable bonds is 4. The van der Waals surface area contributed by atoms with Crippen molar-refractivity contribution < 1.29 is 9.34 Å². The molecule has 0 unspecified atom stereocenters. The molecule has 0 atom stereocenters. The summed E-state index contributed by atoms with van der Waals surface area (Å²) in [6, 6.07) is 15.1. The molecule has 0 fully saturated rings. The van der Waals surface area contributed by atoms with Crippen LogP contribution in [0.2, 0.25) is 0 Å². The van der Waals surface area contributed by atoms with E-state index in [1.54, 1.807) is 17.8 Å². The summed E-state index contributed by atoms with van der Waals surface area (Å²) in [5, 5.41) is 12.1. The summed E-state index contributed by atoms with van der Waals surface area (Å²) >= 11 is 1.71. The largest absolute Gasteiger partial charge is 0.442 e. The van der Waals surface area contributed by atoms with Crippen LogP contribution in [0.3, 0.4) is 0 Å². The normalized spacial score (nSPS) is 10.9. The van der Waals surface area contributed by atoms with Crippen LogP contribution in [0.15, 0.2) is 52.9 Å². The Bertz CT molecular complexity index is 796. The van der Waals surface area contributed by atoms with Crippen LogP contribution in [0.1, 0.15) is 5.56 Å². The lowest BCUT2D eigenvalue weighted by molar-refractivity contribution is -0.400. The number of benzene rings is 2. The molecule has 0 aliphatic heterocycles. The van der Waals surface area contributed by atoms with Crippen LogP contribution in [0, 0.1) is 10.1 Å². The third-order valence-electron chi connectivity index (χ3n) is 3.27. The molecule has 0 amide bonds. The molecule has 4 nitrogen and oxygen atoms in total. The third kappa shape index (κ3) is 2.52. The molecule has 0 aliphatic rings. The monoisotopic (exact) mass is 299 g/mol. The van der Waals surface area contributed by atoms with Crippen LogP contribution in [-0.2, 0) is 5.75 Å². The zero-order chi connectivity index (χ0) is 14.8. The van der Waals surface area contributed by atoms with Gasteiger partial charge in [0.2, 0.25) is 0 Å². The molecule has 0 saturated heterocycles. The van der Waals surface area contributed by atoms with Crippen LogP contribution in [0.4, 0.5) is 5.88 Å². The van der Waals surface area contributed by atoms with Crippen molar-refractivity contribution in [2.24, 2.45) is 0 Å². The van der Waals surface area contributed by atoms with Crippen molar-refractivity contribution in [1.29, 1.82) is 0 Å². The molecule has 1 aromatic heterocycles. The van der Waals surface area contributed by atoms with E-state index in [0.717, 1.165) is 22.3 Å². The summed E-state index contributed by atoms with van der Waals surface area (Å²) in [5.74, 6) is 0.667. The molecular weight excluding hydrogens is 286 g/mol. The van der Waals surface area contributed by atoms with Crippen LogP contribution in [-0.4, -0.2) is 11.2 Å². The van der Waals surface area contributed by atoms with Crippen molar-refractivity contribution in [2.45, 2.75) is 5.75 Å². The van der Waals surface area contributed by atoms with Crippen molar-refractivity contribution in [3.05, 3.63) is 64.2 Å². The molecule has 0 bridgehead atoms. The van der Waals surface area contributed by atoms with Gasteiger partial charge in [-0.3, -0.25) is 10.1 Å². The topological polar surface area (TPSA) is 56.3 Å². The molecule has 2 aromatic carbocycles. The highest BCUT2D eigenvalue weighted by Crippen LogP contribution is 2.40. The van der Waals surface area contributed by atoms with E-state index < -0.39 is 4.92 Å². The Morgan fingerprint density at radius 2 is 1.95 bits per heavy atom. The maximum absolute atomic E-state index is 11.3. The first-order valence-corrected chi connectivity index (χ1v) is 7.84. The molecule has 5 heteroatoms. The molecule has 0 N–H and O–H groups in total. The lowest BCUT2D eigenvalue weighted by Crippen LogP contribution is -1.88. The van der Waals surface area contributed by atoms with Gasteiger partial charge in [0.1, 0.15) is 16.1 Å². The summed E-state index contributed by atoms with van der Waals surface area (Å²) in [5.41, 5.74) is 3.02. The minimum absolute atomic E-state index is 0.197. The SMILES string of the molecule is CSCc1ccc2oc([N+](=O)[O-])c(-c3ccccc3)c2c1. The van der Waals surface area contributed by atoms with E-state index in [0.29, 0.717) is 11.1 Å². The van der Waals surface area contributed by atoms with E-state index >= 15 is 0 Å². The zero-order valence-electron chi connectivity index (χ0n) is 11.4. The maximum atomic E-state index is 11.3. The standard InChI is InChI=1S/C16H13NO3S/c1-21-10-11-7-8-14-13(9-11)15(16(20-14)17(18)19)12-5-3-2-4-6-12/h2-9H,10H2,1H3. The first-order chi connectivity index (χ1) is 10.2.